The Kier molecular flexibility index (Phi) is 3.63. The Morgan fingerprint density at radius 2 is 2.04 bits per heavy atom. The van der Waals surface area contributed by atoms with Gasteiger partial charge in [-0.1, -0.05) is 20.8 Å². The number of nitrogens with one attached hydrogen (secondary N) is 2. The van der Waals surface area contributed by atoms with E-state index in [1.165, 1.54) is 36.3 Å². The summed E-state index contributed by atoms with van der Waals surface area (Å²) in [5.74, 6) is -0.355. The van der Waals surface area contributed by atoms with Crippen molar-refractivity contribution in [3.8, 4) is 0 Å². The van der Waals surface area contributed by atoms with Crippen LogP contribution in [0, 0.1) is 23.6 Å². The highest BCUT2D eigenvalue weighted by atomic mass is 19.1. The van der Waals surface area contributed by atoms with Crippen LogP contribution in [0.3, 0.4) is 0 Å². The van der Waals surface area contributed by atoms with E-state index in [0.29, 0.717) is 22.3 Å². The number of halogens is 1. The highest BCUT2D eigenvalue weighted by molar-refractivity contribution is 5.79. The SMILES string of the molecule is Cc1[nH]c2ccc(F)cc2c(=O)c1C[NH+]1C[C@@]2(C)C[C@@H]1CC(C)(C)C2. The van der Waals surface area contributed by atoms with Crippen molar-refractivity contribution in [2.24, 2.45) is 10.8 Å². The summed E-state index contributed by atoms with van der Waals surface area (Å²) in [7, 11) is 0. The van der Waals surface area contributed by atoms with Crippen molar-refractivity contribution in [3.63, 3.8) is 0 Å². The van der Waals surface area contributed by atoms with Crippen LogP contribution in [0.15, 0.2) is 23.0 Å². The highest BCUT2D eigenvalue weighted by Crippen LogP contribution is 2.47. The highest BCUT2D eigenvalue weighted by Gasteiger charge is 2.52. The maximum Gasteiger partial charge on any atom is 0.198 e. The molecule has 134 valence electrons. The fraction of sp³-hybridized carbons (Fsp3) is 0.571. The number of H-pyrrole nitrogens is 1. The fourth-order valence-corrected chi connectivity index (χ4v) is 5.82. The first kappa shape index (κ1) is 16.8. The third kappa shape index (κ3) is 2.91. The van der Waals surface area contributed by atoms with Crippen LogP contribution in [0.1, 0.15) is 51.3 Å². The quantitative estimate of drug-likeness (QED) is 0.864. The van der Waals surface area contributed by atoms with Crippen LogP contribution < -0.4 is 10.3 Å². The maximum absolute atomic E-state index is 13.6. The van der Waals surface area contributed by atoms with Crippen LogP contribution >= 0.6 is 0 Å². The van der Waals surface area contributed by atoms with Crippen LogP contribution in [-0.2, 0) is 6.54 Å². The zero-order valence-corrected chi connectivity index (χ0v) is 15.6. The van der Waals surface area contributed by atoms with Crippen molar-refractivity contribution in [1.82, 2.24) is 4.98 Å². The largest absolute Gasteiger partial charge is 0.358 e. The van der Waals surface area contributed by atoms with Gasteiger partial charge in [-0.2, -0.15) is 0 Å². The lowest BCUT2D eigenvalue weighted by molar-refractivity contribution is -0.928. The predicted octanol–water partition coefficient (Wildman–Crippen LogP) is 2.96. The molecule has 1 unspecified atom stereocenters. The molecule has 4 rings (SSSR count). The number of aryl methyl sites for hydroxylation is 1. The van der Waals surface area contributed by atoms with E-state index in [4.69, 9.17) is 0 Å². The van der Waals surface area contributed by atoms with Gasteiger partial charge in [0.25, 0.3) is 0 Å². The monoisotopic (exact) mass is 343 g/mol. The molecule has 3 atom stereocenters. The number of aromatic amines is 1. The molecule has 2 bridgehead atoms. The summed E-state index contributed by atoms with van der Waals surface area (Å²) in [6.45, 7) is 11.0. The van der Waals surface area contributed by atoms with Gasteiger partial charge in [-0.15, -0.1) is 0 Å². The summed E-state index contributed by atoms with van der Waals surface area (Å²) in [5, 5.41) is 0.466. The predicted molar refractivity (Wildman–Crippen MR) is 98.3 cm³/mol. The van der Waals surface area contributed by atoms with E-state index in [0.717, 1.165) is 29.9 Å². The number of fused-ring (bicyclic) bond motifs is 3. The lowest BCUT2D eigenvalue weighted by Gasteiger charge is -2.37. The number of pyridine rings is 1. The standard InChI is InChI=1S/C21H27FN2O/c1-13-17(19(25)16-7-14(22)5-6-18(16)23-13)10-24-12-21(4)9-15(24)8-20(2,3)11-21/h5-7,15H,8-12H2,1-4H3,(H,23,25)/p+1/t15-,21-/m0/s1. The summed E-state index contributed by atoms with van der Waals surface area (Å²) in [5.41, 5.74) is 3.21. The number of hydrogen-bond acceptors (Lipinski definition) is 1. The van der Waals surface area contributed by atoms with Crippen LogP contribution in [0.5, 0.6) is 0 Å². The fourth-order valence-electron chi connectivity index (χ4n) is 5.82. The Morgan fingerprint density at radius 1 is 1.28 bits per heavy atom. The molecule has 1 aromatic heterocycles. The summed E-state index contributed by atoms with van der Waals surface area (Å²) < 4.78 is 13.6. The van der Waals surface area contributed by atoms with Gasteiger partial charge in [0.1, 0.15) is 12.4 Å². The third-order valence-electron chi connectivity index (χ3n) is 6.35. The maximum atomic E-state index is 13.6. The van der Waals surface area contributed by atoms with Crippen LogP contribution in [0.25, 0.3) is 10.9 Å². The minimum absolute atomic E-state index is 0.0101. The Bertz CT molecular complexity index is 901. The molecule has 2 aliphatic rings. The Hall–Kier alpha value is -1.68. The zero-order chi connectivity index (χ0) is 18.0. The molecule has 2 N–H and O–H groups in total. The van der Waals surface area contributed by atoms with Gasteiger partial charge in [-0.25, -0.2) is 4.39 Å². The zero-order valence-electron chi connectivity index (χ0n) is 15.6. The lowest BCUT2D eigenvalue weighted by Crippen LogP contribution is -3.12. The van der Waals surface area contributed by atoms with Gasteiger partial charge in [0, 0.05) is 34.9 Å². The Labute approximate surface area is 148 Å². The number of quaternary nitrogens is 1. The molecule has 1 aliphatic heterocycles. The topological polar surface area (TPSA) is 37.3 Å². The number of rotatable bonds is 2. The second kappa shape index (κ2) is 5.41. The second-order valence-corrected chi connectivity index (χ2v) is 9.52. The van der Waals surface area contributed by atoms with E-state index in [2.05, 4.69) is 25.8 Å². The molecule has 3 nitrogen and oxygen atoms in total. The van der Waals surface area contributed by atoms with Crippen molar-refractivity contribution in [2.75, 3.05) is 6.54 Å². The second-order valence-electron chi connectivity index (χ2n) is 9.52. The van der Waals surface area contributed by atoms with Crippen molar-refractivity contribution in [2.45, 2.75) is 59.5 Å². The van der Waals surface area contributed by atoms with E-state index in [1.54, 1.807) is 6.07 Å². The van der Waals surface area contributed by atoms with Gasteiger partial charge >= 0.3 is 0 Å². The van der Waals surface area contributed by atoms with Crippen molar-refractivity contribution >= 4 is 10.9 Å². The van der Waals surface area contributed by atoms with Crippen LogP contribution in [0.2, 0.25) is 0 Å². The number of likely N-dealkylation sites (tertiary alicyclic amines) is 1. The third-order valence-corrected chi connectivity index (χ3v) is 6.35. The van der Waals surface area contributed by atoms with E-state index in [1.807, 2.05) is 6.92 Å². The summed E-state index contributed by atoms with van der Waals surface area (Å²) in [6.07, 6.45) is 3.74. The Balaban J connectivity index is 1.71. The van der Waals surface area contributed by atoms with E-state index >= 15 is 0 Å². The molecule has 25 heavy (non-hydrogen) atoms. The molecule has 4 heteroatoms. The normalized spacial score (nSPS) is 30.8. The molecule has 0 amide bonds. The van der Waals surface area contributed by atoms with E-state index in [9.17, 15) is 9.18 Å². The van der Waals surface area contributed by atoms with Gasteiger partial charge in [0.15, 0.2) is 5.43 Å². The molecular formula is C21H28FN2O+. The van der Waals surface area contributed by atoms with Crippen molar-refractivity contribution in [1.29, 1.82) is 0 Å². The average molecular weight is 343 g/mol. The number of aromatic nitrogens is 1. The van der Waals surface area contributed by atoms with Gasteiger partial charge in [0.2, 0.25) is 0 Å². The first-order valence-electron chi connectivity index (χ1n) is 9.31. The van der Waals surface area contributed by atoms with Gasteiger partial charge < -0.3 is 9.88 Å². The van der Waals surface area contributed by atoms with Crippen LogP contribution in [-0.4, -0.2) is 17.6 Å². The summed E-state index contributed by atoms with van der Waals surface area (Å²) in [4.78, 5) is 17.8. The first-order chi connectivity index (χ1) is 11.7. The van der Waals surface area contributed by atoms with E-state index in [-0.39, 0.29) is 11.2 Å². The molecule has 2 heterocycles. The van der Waals surface area contributed by atoms with Gasteiger partial charge in [-0.3, -0.25) is 4.79 Å². The van der Waals surface area contributed by atoms with Crippen LogP contribution in [0.4, 0.5) is 4.39 Å². The van der Waals surface area contributed by atoms with Crippen molar-refractivity contribution in [3.05, 3.63) is 45.5 Å². The molecule has 2 aromatic rings. The summed E-state index contributed by atoms with van der Waals surface area (Å²) in [6, 6.07) is 5.03. The smallest absolute Gasteiger partial charge is 0.198 e. The Morgan fingerprint density at radius 3 is 2.80 bits per heavy atom. The molecule has 0 radical (unpaired) electrons. The summed E-state index contributed by atoms with van der Waals surface area (Å²) >= 11 is 0. The van der Waals surface area contributed by atoms with Gasteiger partial charge in [-0.05, 0) is 37.0 Å². The molecule has 1 saturated heterocycles. The lowest BCUT2D eigenvalue weighted by atomic mass is 9.65. The average Bonchev–Trinajstić information content (AvgIpc) is 2.73. The number of benzene rings is 1. The molecule has 0 spiro atoms. The van der Waals surface area contributed by atoms with Crippen molar-refractivity contribution < 1.29 is 9.29 Å². The molecular weight excluding hydrogens is 315 g/mol. The van der Waals surface area contributed by atoms with E-state index < -0.39 is 0 Å². The minimum atomic E-state index is -0.355. The number of hydrogen-bond donors (Lipinski definition) is 2. The first-order valence-corrected chi connectivity index (χ1v) is 9.31. The minimum Gasteiger partial charge on any atom is -0.358 e. The molecule has 1 aliphatic carbocycles. The molecule has 2 fully saturated rings. The van der Waals surface area contributed by atoms with Gasteiger partial charge in [0.05, 0.1) is 18.2 Å². The molecule has 1 saturated carbocycles. The molecule has 1 aromatic carbocycles.